The van der Waals surface area contributed by atoms with E-state index in [9.17, 15) is 0 Å². The van der Waals surface area contributed by atoms with Crippen LogP contribution in [0.25, 0.3) is 0 Å². The summed E-state index contributed by atoms with van der Waals surface area (Å²) in [4.78, 5) is 0. The highest BCUT2D eigenvalue weighted by molar-refractivity contribution is 5.77. The van der Waals surface area contributed by atoms with Gasteiger partial charge >= 0.3 is 0 Å². The van der Waals surface area contributed by atoms with Crippen LogP contribution in [0.5, 0.6) is 0 Å². The lowest BCUT2D eigenvalue weighted by molar-refractivity contribution is -0.00510. The summed E-state index contributed by atoms with van der Waals surface area (Å²) < 4.78 is 5.87. The normalized spacial score (nSPS) is 14.7. The summed E-state index contributed by atoms with van der Waals surface area (Å²) >= 11 is 0. The molecule has 0 aromatic carbocycles. The number of nitrogens with one attached hydrogen (secondary N) is 1. The van der Waals surface area contributed by atoms with Gasteiger partial charge in [-0.3, -0.25) is 5.41 Å². The van der Waals surface area contributed by atoms with Crippen LogP contribution in [0, 0.1) is 5.41 Å². The van der Waals surface area contributed by atoms with Crippen LogP contribution in [0.2, 0.25) is 0 Å². The van der Waals surface area contributed by atoms with Crippen molar-refractivity contribution in [2.45, 2.75) is 77.9 Å². The monoisotopic (exact) mass is 228 g/mol. The van der Waals surface area contributed by atoms with Crippen molar-refractivity contribution in [3.05, 3.63) is 0 Å². The average molecular weight is 228 g/mol. The molecule has 16 heavy (non-hydrogen) atoms. The van der Waals surface area contributed by atoms with Crippen molar-refractivity contribution in [3.8, 4) is 0 Å². The molecule has 0 saturated carbocycles. The molecular weight excluding hydrogens is 200 g/mol. The maximum Gasteiger partial charge on any atom is 0.0931 e. The quantitative estimate of drug-likeness (QED) is 0.342. The predicted molar refractivity (Wildman–Crippen MR) is 69.9 cm³/mol. The Morgan fingerprint density at radius 2 is 1.94 bits per heavy atom. The number of rotatable bonds is 10. The maximum absolute atomic E-state index is 7.26. The van der Waals surface area contributed by atoms with Crippen molar-refractivity contribution in [2.75, 3.05) is 0 Å². The number of hydrogen-bond donors (Lipinski definition) is 2. The first-order valence-electron chi connectivity index (χ1n) is 6.58. The summed E-state index contributed by atoms with van der Waals surface area (Å²) in [6.45, 7) is 6.42. The Labute approximate surface area is 100 Å². The molecule has 0 aromatic heterocycles. The first-order valence-corrected chi connectivity index (χ1v) is 6.58. The zero-order valence-electron chi connectivity index (χ0n) is 11.1. The van der Waals surface area contributed by atoms with Crippen LogP contribution in [0.1, 0.15) is 65.7 Å². The van der Waals surface area contributed by atoms with Crippen molar-refractivity contribution < 1.29 is 4.74 Å². The second-order valence-electron chi connectivity index (χ2n) is 4.56. The van der Waals surface area contributed by atoms with E-state index >= 15 is 0 Å². The van der Waals surface area contributed by atoms with E-state index in [1.54, 1.807) is 0 Å². The van der Waals surface area contributed by atoms with Crippen LogP contribution >= 0.6 is 0 Å². The summed E-state index contributed by atoms with van der Waals surface area (Å²) in [6, 6.07) is 0. The van der Waals surface area contributed by atoms with Gasteiger partial charge in [-0.15, -0.1) is 0 Å². The summed E-state index contributed by atoms with van der Waals surface area (Å²) in [5.74, 6) is 0.227. The van der Waals surface area contributed by atoms with E-state index in [4.69, 9.17) is 15.9 Å². The molecule has 0 aliphatic heterocycles. The smallest absolute Gasteiger partial charge is 0.0931 e. The van der Waals surface area contributed by atoms with E-state index < -0.39 is 0 Å². The second-order valence-corrected chi connectivity index (χ2v) is 4.56. The largest absolute Gasteiger partial charge is 0.388 e. The Hall–Kier alpha value is -0.570. The van der Waals surface area contributed by atoms with Gasteiger partial charge in [-0.05, 0) is 19.8 Å². The SMILES string of the molecule is CCCCCCC(C)OC(CC)CC(=N)N. The Bertz CT molecular complexity index is 183. The minimum Gasteiger partial charge on any atom is -0.388 e. The van der Waals surface area contributed by atoms with E-state index in [1.165, 1.54) is 25.7 Å². The van der Waals surface area contributed by atoms with Gasteiger partial charge in [0.15, 0.2) is 0 Å². The van der Waals surface area contributed by atoms with Crippen LogP contribution in [-0.4, -0.2) is 18.0 Å². The molecule has 0 bridgehead atoms. The summed E-state index contributed by atoms with van der Waals surface area (Å²) in [5, 5.41) is 7.26. The minimum atomic E-state index is 0.124. The lowest BCUT2D eigenvalue weighted by atomic mass is 10.1. The zero-order chi connectivity index (χ0) is 12.4. The van der Waals surface area contributed by atoms with Gasteiger partial charge in [0, 0.05) is 6.42 Å². The van der Waals surface area contributed by atoms with Crippen LogP contribution in [0.4, 0.5) is 0 Å². The Balaban J connectivity index is 3.65. The number of amidine groups is 1. The van der Waals surface area contributed by atoms with E-state index in [-0.39, 0.29) is 11.9 Å². The van der Waals surface area contributed by atoms with Gasteiger partial charge in [-0.2, -0.15) is 0 Å². The van der Waals surface area contributed by atoms with Crippen LogP contribution in [-0.2, 0) is 4.74 Å². The van der Waals surface area contributed by atoms with E-state index in [0.717, 1.165) is 12.8 Å². The lowest BCUT2D eigenvalue weighted by Gasteiger charge is -2.21. The maximum atomic E-state index is 7.26. The molecule has 96 valence electrons. The Morgan fingerprint density at radius 3 is 2.44 bits per heavy atom. The van der Waals surface area contributed by atoms with Gasteiger partial charge in [0.05, 0.1) is 18.0 Å². The van der Waals surface area contributed by atoms with Crippen LogP contribution < -0.4 is 5.73 Å². The third kappa shape index (κ3) is 8.72. The molecule has 2 unspecified atom stereocenters. The molecule has 3 N–H and O–H groups in total. The van der Waals surface area contributed by atoms with E-state index in [2.05, 4.69) is 20.8 Å². The predicted octanol–water partition coefficient (Wildman–Crippen LogP) is 3.47. The molecule has 3 nitrogen and oxygen atoms in total. The van der Waals surface area contributed by atoms with Gasteiger partial charge in [0.25, 0.3) is 0 Å². The van der Waals surface area contributed by atoms with Crippen molar-refractivity contribution in [1.29, 1.82) is 5.41 Å². The van der Waals surface area contributed by atoms with Gasteiger partial charge in [-0.25, -0.2) is 0 Å². The van der Waals surface area contributed by atoms with Gasteiger partial charge in [-0.1, -0.05) is 39.5 Å². The first kappa shape index (κ1) is 15.4. The van der Waals surface area contributed by atoms with E-state index in [1.807, 2.05) is 0 Å². The topological polar surface area (TPSA) is 59.1 Å². The molecule has 0 saturated heterocycles. The van der Waals surface area contributed by atoms with Crippen molar-refractivity contribution in [2.24, 2.45) is 5.73 Å². The summed E-state index contributed by atoms with van der Waals surface area (Å²) in [7, 11) is 0. The number of nitrogens with two attached hydrogens (primary N) is 1. The molecule has 3 heteroatoms. The Morgan fingerprint density at radius 1 is 1.25 bits per heavy atom. The third-order valence-corrected chi connectivity index (χ3v) is 2.79. The van der Waals surface area contributed by atoms with Gasteiger partial charge in [0.2, 0.25) is 0 Å². The average Bonchev–Trinajstić information content (AvgIpc) is 2.23. The molecule has 0 aromatic rings. The van der Waals surface area contributed by atoms with Gasteiger partial charge in [0.1, 0.15) is 0 Å². The van der Waals surface area contributed by atoms with Crippen molar-refractivity contribution >= 4 is 5.84 Å². The third-order valence-electron chi connectivity index (χ3n) is 2.79. The molecular formula is C13H28N2O. The summed E-state index contributed by atoms with van der Waals surface area (Å²) in [5.41, 5.74) is 5.39. The molecule has 0 rings (SSSR count). The molecule has 0 radical (unpaired) electrons. The molecule has 2 atom stereocenters. The number of hydrogen-bond acceptors (Lipinski definition) is 2. The minimum absolute atomic E-state index is 0.124. The van der Waals surface area contributed by atoms with Crippen molar-refractivity contribution in [3.63, 3.8) is 0 Å². The molecule has 0 aliphatic rings. The molecule has 0 heterocycles. The molecule has 0 spiro atoms. The highest BCUT2D eigenvalue weighted by Gasteiger charge is 2.12. The lowest BCUT2D eigenvalue weighted by Crippen LogP contribution is -2.25. The van der Waals surface area contributed by atoms with Crippen molar-refractivity contribution in [1.82, 2.24) is 0 Å². The molecule has 0 amide bonds. The number of unbranched alkanes of at least 4 members (excludes halogenated alkanes) is 3. The fourth-order valence-corrected chi connectivity index (χ4v) is 1.79. The Kier molecular flexibility index (Phi) is 9.30. The summed E-state index contributed by atoms with van der Waals surface area (Å²) in [6.07, 6.45) is 8.16. The zero-order valence-corrected chi connectivity index (χ0v) is 11.1. The number of ether oxygens (including phenoxy) is 1. The van der Waals surface area contributed by atoms with Crippen LogP contribution in [0.15, 0.2) is 0 Å². The molecule has 0 fully saturated rings. The fraction of sp³-hybridized carbons (Fsp3) is 0.923. The molecule has 0 aliphatic carbocycles. The first-order chi connectivity index (χ1) is 7.60. The van der Waals surface area contributed by atoms with Crippen LogP contribution in [0.3, 0.4) is 0 Å². The highest BCUT2D eigenvalue weighted by atomic mass is 16.5. The van der Waals surface area contributed by atoms with E-state index in [0.29, 0.717) is 12.5 Å². The van der Waals surface area contributed by atoms with Gasteiger partial charge < -0.3 is 10.5 Å². The standard InChI is InChI=1S/C13H28N2O/c1-4-6-7-8-9-11(3)16-12(5-2)10-13(14)15/h11-12H,4-10H2,1-3H3,(H3,14,15). The second kappa shape index (κ2) is 9.64. The highest BCUT2D eigenvalue weighted by Crippen LogP contribution is 2.13. The fourth-order valence-electron chi connectivity index (χ4n) is 1.79.